The number of aromatic nitrogens is 2. The number of nitrogens with zero attached hydrogens (tertiary/aromatic N) is 3. The molecule has 0 radical (unpaired) electrons. The fraction of sp³-hybridized carbons (Fsp3) is 0.444. The highest BCUT2D eigenvalue weighted by Gasteiger charge is 2.14. The smallest absolute Gasteiger partial charge is 0.119 e. The van der Waals surface area contributed by atoms with Gasteiger partial charge in [-0.2, -0.15) is 5.10 Å². The van der Waals surface area contributed by atoms with Crippen molar-refractivity contribution in [2.24, 2.45) is 0 Å². The summed E-state index contributed by atoms with van der Waals surface area (Å²) in [4.78, 5) is 2.35. The van der Waals surface area contributed by atoms with Crippen LogP contribution in [0.3, 0.4) is 0 Å². The zero-order valence-electron chi connectivity index (χ0n) is 20.2. The maximum atomic E-state index is 5.92. The van der Waals surface area contributed by atoms with Crippen LogP contribution in [0.25, 0.3) is 0 Å². The molecule has 0 aliphatic heterocycles. The second kappa shape index (κ2) is 11.8. The molecule has 1 heterocycles. The lowest BCUT2D eigenvalue weighted by atomic mass is 10.1. The maximum absolute atomic E-state index is 5.92. The first kappa shape index (κ1) is 24.0. The molecule has 3 aromatic rings. The quantitative estimate of drug-likeness (QED) is 0.378. The number of aryl methyl sites for hydroxylation is 2. The first-order valence-electron chi connectivity index (χ1n) is 11.4. The fourth-order valence-electron chi connectivity index (χ4n) is 3.91. The van der Waals surface area contributed by atoms with Crippen LogP contribution in [0, 0.1) is 20.8 Å². The van der Waals surface area contributed by atoms with Gasteiger partial charge >= 0.3 is 0 Å². The predicted octanol–water partition coefficient (Wildman–Crippen LogP) is 4.95. The Kier molecular flexibility index (Phi) is 8.89. The summed E-state index contributed by atoms with van der Waals surface area (Å²) in [6.45, 7) is 10.6. The van der Waals surface area contributed by atoms with Crippen molar-refractivity contribution in [3.63, 3.8) is 0 Å². The van der Waals surface area contributed by atoms with E-state index in [0.717, 1.165) is 50.5 Å². The average Bonchev–Trinajstić information content (AvgIpc) is 3.05. The van der Waals surface area contributed by atoms with E-state index >= 15 is 0 Å². The SMILES string of the molecule is COCCc1ccc(OCCCN(C)Cc2c(C)nn(Cc3ccccc3C)c2C)cc1. The van der Waals surface area contributed by atoms with E-state index in [2.05, 4.69) is 73.8 Å². The third-order valence-electron chi connectivity index (χ3n) is 6.01. The van der Waals surface area contributed by atoms with E-state index in [9.17, 15) is 0 Å². The van der Waals surface area contributed by atoms with Gasteiger partial charge in [0.15, 0.2) is 0 Å². The molecule has 0 unspecified atom stereocenters. The van der Waals surface area contributed by atoms with Crippen LogP contribution in [0.2, 0.25) is 0 Å². The van der Waals surface area contributed by atoms with Crippen LogP contribution in [0.15, 0.2) is 48.5 Å². The highest BCUT2D eigenvalue weighted by atomic mass is 16.5. The molecule has 32 heavy (non-hydrogen) atoms. The molecule has 0 fully saturated rings. The van der Waals surface area contributed by atoms with Gasteiger partial charge in [0.1, 0.15) is 5.75 Å². The van der Waals surface area contributed by atoms with Gasteiger partial charge in [0.05, 0.1) is 25.5 Å². The molecule has 2 aromatic carbocycles. The normalized spacial score (nSPS) is 11.3. The molecule has 1 aromatic heterocycles. The van der Waals surface area contributed by atoms with Crippen LogP contribution in [0.1, 0.15) is 40.1 Å². The summed E-state index contributed by atoms with van der Waals surface area (Å²) in [6, 6.07) is 16.8. The average molecular weight is 436 g/mol. The second-order valence-corrected chi connectivity index (χ2v) is 8.56. The fourth-order valence-corrected chi connectivity index (χ4v) is 3.91. The molecular formula is C27H37N3O2. The molecule has 5 heteroatoms. The number of hydrogen-bond donors (Lipinski definition) is 0. The van der Waals surface area contributed by atoms with Crippen molar-refractivity contribution in [1.82, 2.24) is 14.7 Å². The van der Waals surface area contributed by atoms with Gasteiger partial charge in [0, 0.05) is 31.5 Å². The summed E-state index contributed by atoms with van der Waals surface area (Å²) in [5.74, 6) is 0.929. The Morgan fingerprint density at radius 3 is 2.44 bits per heavy atom. The Labute approximate surface area is 193 Å². The molecular weight excluding hydrogens is 398 g/mol. The maximum Gasteiger partial charge on any atom is 0.119 e. The van der Waals surface area contributed by atoms with Gasteiger partial charge < -0.3 is 14.4 Å². The highest BCUT2D eigenvalue weighted by Crippen LogP contribution is 2.18. The molecule has 0 spiro atoms. The zero-order valence-corrected chi connectivity index (χ0v) is 20.2. The van der Waals surface area contributed by atoms with Gasteiger partial charge in [-0.1, -0.05) is 36.4 Å². The minimum atomic E-state index is 0.715. The van der Waals surface area contributed by atoms with E-state index in [4.69, 9.17) is 14.6 Å². The summed E-state index contributed by atoms with van der Waals surface area (Å²) in [7, 11) is 3.90. The highest BCUT2D eigenvalue weighted by molar-refractivity contribution is 5.29. The predicted molar refractivity (Wildman–Crippen MR) is 130 cm³/mol. The van der Waals surface area contributed by atoms with Gasteiger partial charge in [-0.05, 0) is 69.5 Å². The van der Waals surface area contributed by atoms with Crippen LogP contribution < -0.4 is 4.74 Å². The van der Waals surface area contributed by atoms with Crippen molar-refractivity contribution < 1.29 is 9.47 Å². The minimum absolute atomic E-state index is 0.715. The summed E-state index contributed by atoms with van der Waals surface area (Å²) in [5, 5.41) is 4.82. The van der Waals surface area contributed by atoms with E-state index in [-0.39, 0.29) is 0 Å². The van der Waals surface area contributed by atoms with Crippen LogP contribution >= 0.6 is 0 Å². The topological polar surface area (TPSA) is 39.5 Å². The molecule has 0 bridgehead atoms. The van der Waals surface area contributed by atoms with Crippen molar-refractivity contribution >= 4 is 0 Å². The van der Waals surface area contributed by atoms with Crippen LogP contribution in [-0.2, 0) is 24.2 Å². The van der Waals surface area contributed by atoms with E-state index in [1.807, 2.05) is 12.1 Å². The van der Waals surface area contributed by atoms with E-state index in [1.54, 1.807) is 7.11 Å². The Bertz CT molecular complexity index is 979. The Balaban J connectivity index is 1.46. The third-order valence-corrected chi connectivity index (χ3v) is 6.01. The molecule has 5 nitrogen and oxygen atoms in total. The number of rotatable bonds is 12. The molecule has 0 atom stereocenters. The van der Waals surface area contributed by atoms with Crippen molar-refractivity contribution in [2.45, 2.75) is 46.7 Å². The molecule has 0 aliphatic rings. The number of ether oxygens (including phenoxy) is 2. The largest absolute Gasteiger partial charge is 0.494 e. The van der Waals surface area contributed by atoms with E-state index in [0.29, 0.717) is 6.61 Å². The first-order valence-corrected chi connectivity index (χ1v) is 11.4. The minimum Gasteiger partial charge on any atom is -0.494 e. The van der Waals surface area contributed by atoms with Crippen LogP contribution in [0.5, 0.6) is 5.75 Å². The van der Waals surface area contributed by atoms with E-state index in [1.165, 1.54) is 27.9 Å². The molecule has 0 N–H and O–H groups in total. The van der Waals surface area contributed by atoms with Crippen LogP contribution in [-0.4, -0.2) is 48.6 Å². The van der Waals surface area contributed by atoms with Gasteiger partial charge in [-0.3, -0.25) is 4.68 Å². The Morgan fingerprint density at radius 2 is 1.72 bits per heavy atom. The zero-order chi connectivity index (χ0) is 22.9. The standard InChI is InChI=1S/C27H37N3O2/c1-21-9-6-7-10-25(21)19-30-23(3)27(22(2)28-30)20-29(4)16-8-17-32-26-13-11-24(12-14-26)15-18-31-5/h6-7,9-14H,8,15-20H2,1-5H3. The van der Waals surface area contributed by atoms with Crippen LogP contribution in [0.4, 0.5) is 0 Å². The molecule has 0 saturated heterocycles. The van der Waals surface area contributed by atoms with Crippen molar-refractivity contribution in [3.8, 4) is 5.75 Å². The van der Waals surface area contributed by atoms with E-state index < -0.39 is 0 Å². The van der Waals surface area contributed by atoms with Gasteiger partial charge in [0.2, 0.25) is 0 Å². The molecule has 172 valence electrons. The van der Waals surface area contributed by atoms with Gasteiger partial charge in [-0.25, -0.2) is 0 Å². The van der Waals surface area contributed by atoms with Crippen molar-refractivity contribution in [3.05, 3.63) is 82.2 Å². The lowest BCUT2D eigenvalue weighted by Gasteiger charge is -2.17. The number of benzene rings is 2. The number of hydrogen-bond acceptors (Lipinski definition) is 4. The Morgan fingerprint density at radius 1 is 0.969 bits per heavy atom. The first-order chi connectivity index (χ1) is 15.5. The monoisotopic (exact) mass is 435 g/mol. The second-order valence-electron chi connectivity index (χ2n) is 8.56. The van der Waals surface area contributed by atoms with Gasteiger partial charge in [0.25, 0.3) is 0 Å². The molecule has 0 saturated carbocycles. The Hall–Kier alpha value is -2.63. The lowest BCUT2D eigenvalue weighted by molar-refractivity contribution is 0.202. The number of methoxy groups -OCH3 is 1. The summed E-state index contributed by atoms with van der Waals surface area (Å²) in [6.07, 6.45) is 1.92. The lowest BCUT2D eigenvalue weighted by Crippen LogP contribution is -2.21. The summed E-state index contributed by atoms with van der Waals surface area (Å²) in [5.41, 5.74) is 7.60. The summed E-state index contributed by atoms with van der Waals surface area (Å²) < 4.78 is 13.2. The molecule has 0 amide bonds. The third kappa shape index (κ3) is 6.68. The van der Waals surface area contributed by atoms with Crippen molar-refractivity contribution in [1.29, 1.82) is 0 Å². The summed E-state index contributed by atoms with van der Waals surface area (Å²) >= 11 is 0. The van der Waals surface area contributed by atoms with Crippen molar-refractivity contribution in [2.75, 3.05) is 33.9 Å². The molecule has 0 aliphatic carbocycles. The van der Waals surface area contributed by atoms with Gasteiger partial charge in [-0.15, -0.1) is 0 Å². The molecule has 3 rings (SSSR count).